The summed E-state index contributed by atoms with van der Waals surface area (Å²) >= 11 is 0. The van der Waals surface area contributed by atoms with Gasteiger partial charge in [0.25, 0.3) is 10.0 Å². The molecule has 0 aliphatic heterocycles. The van der Waals surface area contributed by atoms with E-state index in [0.717, 1.165) is 11.1 Å². The first-order valence-electron chi connectivity index (χ1n) is 5.77. The van der Waals surface area contributed by atoms with E-state index in [1.165, 1.54) is 24.3 Å². The molecule has 4 nitrogen and oxygen atoms in total. The lowest BCUT2D eigenvalue weighted by Crippen LogP contribution is -2.13. The monoisotopic (exact) mass is 277 g/mol. The Morgan fingerprint density at radius 3 is 2.26 bits per heavy atom. The van der Waals surface area contributed by atoms with Crippen molar-refractivity contribution in [2.45, 2.75) is 18.7 Å². The molecule has 0 unspecified atom stereocenters. The first-order chi connectivity index (χ1) is 8.88. The Balaban J connectivity index is 2.36. The molecular formula is C14H15NO3S. The van der Waals surface area contributed by atoms with Gasteiger partial charge in [0.1, 0.15) is 5.75 Å². The summed E-state index contributed by atoms with van der Waals surface area (Å²) in [6, 6.07) is 11.0. The summed E-state index contributed by atoms with van der Waals surface area (Å²) in [5.41, 5.74) is 2.40. The summed E-state index contributed by atoms with van der Waals surface area (Å²) in [7, 11) is -3.63. The molecule has 0 spiro atoms. The molecule has 19 heavy (non-hydrogen) atoms. The molecule has 0 saturated carbocycles. The molecule has 0 fully saturated rings. The number of benzene rings is 2. The van der Waals surface area contributed by atoms with Gasteiger partial charge in [-0.15, -0.1) is 0 Å². The number of phenols is 1. The van der Waals surface area contributed by atoms with Crippen LogP contribution in [0.2, 0.25) is 0 Å². The Morgan fingerprint density at radius 2 is 1.63 bits per heavy atom. The van der Waals surface area contributed by atoms with E-state index in [0.29, 0.717) is 5.69 Å². The summed E-state index contributed by atoms with van der Waals surface area (Å²) in [4.78, 5) is 0.117. The van der Waals surface area contributed by atoms with Gasteiger partial charge >= 0.3 is 0 Å². The van der Waals surface area contributed by atoms with Gasteiger partial charge in [0.05, 0.1) is 10.6 Å². The van der Waals surface area contributed by atoms with E-state index in [1.807, 2.05) is 26.0 Å². The smallest absolute Gasteiger partial charge is 0.261 e. The van der Waals surface area contributed by atoms with Crippen LogP contribution in [0, 0.1) is 13.8 Å². The molecule has 2 aromatic carbocycles. The van der Waals surface area contributed by atoms with E-state index in [4.69, 9.17) is 0 Å². The largest absolute Gasteiger partial charge is 0.508 e. The van der Waals surface area contributed by atoms with Gasteiger partial charge in [-0.05, 0) is 55.3 Å². The summed E-state index contributed by atoms with van der Waals surface area (Å²) in [6.07, 6.45) is 0. The van der Waals surface area contributed by atoms with E-state index < -0.39 is 10.0 Å². The average molecular weight is 277 g/mol. The molecule has 2 rings (SSSR count). The zero-order valence-electron chi connectivity index (χ0n) is 10.7. The third-order valence-electron chi connectivity index (χ3n) is 2.78. The maximum atomic E-state index is 12.2. The van der Waals surface area contributed by atoms with E-state index in [-0.39, 0.29) is 10.6 Å². The predicted octanol–water partition coefficient (Wildman–Crippen LogP) is 2.81. The minimum absolute atomic E-state index is 0.0330. The van der Waals surface area contributed by atoms with Crippen LogP contribution in [0.4, 0.5) is 5.69 Å². The number of sulfonamides is 1. The molecule has 0 heterocycles. The van der Waals surface area contributed by atoms with Gasteiger partial charge in [-0.25, -0.2) is 8.42 Å². The number of anilines is 1. The number of phenolic OH excluding ortho intramolecular Hbond substituents is 1. The zero-order valence-corrected chi connectivity index (χ0v) is 11.5. The van der Waals surface area contributed by atoms with Crippen molar-refractivity contribution in [1.29, 1.82) is 0 Å². The molecule has 0 radical (unpaired) electrons. The normalized spacial score (nSPS) is 11.3. The summed E-state index contributed by atoms with van der Waals surface area (Å²) in [5, 5.41) is 9.18. The Bertz CT molecular complexity index is 691. The van der Waals surface area contributed by atoms with Crippen LogP contribution in [0.15, 0.2) is 47.4 Å². The van der Waals surface area contributed by atoms with Crippen LogP contribution in [0.5, 0.6) is 5.75 Å². The van der Waals surface area contributed by atoms with Crippen molar-refractivity contribution in [3.63, 3.8) is 0 Å². The summed E-state index contributed by atoms with van der Waals surface area (Å²) in [6.45, 7) is 3.74. The second kappa shape index (κ2) is 4.93. The van der Waals surface area contributed by atoms with E-state index in [2.05, 4.69) is 4.72 Å². The molecule has 0 aromatic heterocycles. The van der Waals surface area contributed by atoms with Crippen LogP contribution in [-0.2, 0) is 10.0 Å². The molecule has 5 heteroatoms. The zero-order chi connectivity index (χ0) is 14.0. The first-order valence-corrected chi connectivity index (χ1v) is 7.26. The van der Waals surface area contributed by atoms with Crippen LogP contribution >= 0.6 is 0 Å². The van der Waals surface area contributed by atoms with Crippen LogP contribution in [0.3, 0.4) is 0 Å². The molecule has 2 N–H and O–H groups in total. The summed E-state index contributed by atoms with van der Waals surface area (Å²) < 4.78 is 26.9. The number of aryl methyl sites for hydroxylation is 2. The van der Waals surface area contributed by atoms with Crippen molar-refractivity contribution in [2.24, 2.45) is 0 Å². The lowest BCUT2D eigenvalue weighted by Gasteiger charge is -2.11. The predicted molar refractivity (Wildman–Crippen MR) is 74.8 cm³/mol. The van der Waals surface area contributed by atoms with Gasteiger partial charge in [0.2, 0.25) is 0 Å². The van der Waals surface area contributed by atoms with Crippen molar-refractivity contribution < 1.29 is 13.5 Å². The highest BCUT2D eigenvalue weighted by Gasteiger charge is 2.15. The van der Waals surface area contributed by atoms with Gasteiger partial charge in [-0.1, -0.05) is 12.1 Å². The SMILES string of the molecule is Cc1ccc(C)c(NS(=O)(=O)c2ccc(O)cc2)c1. The number of rotatable bonds is 3. The maximum absolute atomic E-state index is 12.2. The molecule has 100 valence electrons. The highest BCUT2D eigenvalue weighted by atomic mass is 32.2. The molecule has 0 saturated heterocycles. The van der Waals surface area contributed by atoms with Crippen LogP contribution in [0.1, 0.15) is 11.1 Å². The van der Waals surface area contributed by atoms with E-state index in [9.17, 15) is 13.5 Å². The molecule has 0 amide bonds. The summed E-state index contributed by atoms with van der Waals surface area (Å²) in [5.74, 6) is 0.0330. The molecule has 0 aliphatic rings. The van der Waals surface area contributed by atoms with Gasteiger partial charge in [0.15, 0.2) is 0 Å². The third kappa shape index (κ3) is 3.06. The number of aromatic hydroxyl groups is 1. The average Bonchev–Trinajstić information content (AvgIpc) is 2.34. The highest BCUT2D eigenvalue weighted by molar-refractivity contribution is 7.92. The first kappa shape index (κ1) is 13.4. The minimum Gasteiger partial charge on any atom is -0.508 e. The van der Waals surface area contributed by atoms with Gasteiger partial charge in [0, 0.05) is 0 Å². The maximum Gasteiger partial charge on any atom is 0.261 e. The molecule has 2 aromatic rings. The molecule has 0 bridgehead atoms. The second-order valence-electron chi connectivity index (χ2n) is 4.42. The lowest BCUT2D eigenvalue weighted by molar-refractivity contribution is 0.475. The second-order valence-corrected chi connectivity index (χ2v) is 6.10. The fraction of sp³-hybridized carbons (Fsp3) is 0.143. The fourth-order valence-corrected chi connectivity index (χ4v) is 2.80. The molecular weight excluding hydrogens is 262 g/mol. The Morgan fingerprint density at radius 1 is 1.00 bits per heavy atom. The number of hydrogen-bond donors (Lipinski definition) is 2. The van der Waals surface area contributed by atoms with E-state index >= 15 is 0 Å². The fourth-order valence-electron chi connectivity index (χ4n) is 1.67. The van der Waals surface area contributed by atoms with Crippen molar-refractivity contribution >= 4 is 15.7 Å². The van der Waals surface area contributed by atoms with Crippen molar-refractivity contribution in [3.8, 4) is 5.75 Å². The van der Waals surface area contributed by atoms with Crippen LogP contribution < -0.4 is 4.72 Å². The van der Waals surface area contributed by atoms with Crippen LogP contribution in [-0.4, -0.2) is 13.5 Å². The quantitative estimate of drug-likeness (QED) is 0.906. The van der Waals surface area contributed by atoms with Gasteiger partial charge in [-0.2, -0.15) is 0 Å². The van der Waals surface area contributed by atoms with Crippen molar-refractivity contribution in [2.75, 3.05) is 4.72 Å². The standard InChI is InChI=1S/C14H15NO3S/c1-10-3-4-11(2)14(9-10)15-19(17,18)13-7-5-12(16)6-8-13/h3-9,15-16H,1-2H3. The van der Waals surface area contributed by atoms with Gasteiger partial charge < -0.3 is 5.11 Å². The minimum atomic E-state index is -3.63. The Kier molecular flexibility index (Phi) is 3.48. The lowest BCUT2D eigenvalue weighted by atomic mass is 10.1. The number of hydrogen-bond acceptors (Lipinski definition) is 3. The van der Waals surface area contributed by atoms with Gasteiger partial charge in [-0.3, -0.25) is 4.72 Å². The van der Waals surface area contributed by atoms with Crippen LogP contribution in [0.25, 0.3) is 0 Å². The molecule has 0 atom stereocenters. The Labute approximate surface area is 112 Å². The van der Waals surface area contributed by atoms with Crippen molar-refractivity contribution in [1.82, 2.24) is 0 Å². The van der Waals surface area contributed by atoms with E-state index in [1.54, 1.807) is 6.07 Å². The topological polar surface area (TPSA) is 66.4 Å². The third-order valence-corrected chi connectivity index (χ3v) is 4.17. The Hall–Kier alpha value is -2.01. The highest BCUT2D eigenvalue weighted by Crippen LogP contribution is 2.22. The van der Waals surface area contributed by atoms with Crippen molar-refractivity contribution in [3.05, 3.63) is 53.6 Å². The number of nitrogens with one attached hydrogen (secondary N) is 1. The molecule has 0 aliphatic carbocycles.